The molecule has 0 spiro atoms. The predicted octanol–water partition coefficient (Wildman–Crippen LogP) is -0.913. The van der Waals surface area contributed by atoms with Gasteiger partial charge in [-0.3, -0.25) is 0 Å². The number of sulfonamides is 1. The number of anilines is 1. The van der Waals surface area contributed by atoms with Crippen LogP contribution in [0.5, 0.6) is 0 Å². The molecule has 8 nitrogen and oxygen atoms in total. The van der Waals surface area contributed by atoms with E-state index in [-0.39, 0.29) is 31.1 Å². The van der Waals surface area contributed by atoms with Crippen molar-refractivity contribution in [2.24, 2.45) is 5.14 Å². The second kappa shape index (κ2) is 5.54. The largest absolute Gasteiger partial charge is 0.399 e. The van der Waals surface area contributed by atoms with E-state index in [0.29, 0.717) is 5.69 Å². The molecular weight excluding hydrogens is 316 g/mol. The quantitative estimate of drug-likeness (QED) is 0.692. The van der Waals surface area contributed by atoms with Crippen LogP contribution in [0.1, 0.15) is 5.56 Å². The van der Waals surface area contributed by atoms with Crippen LogP contribution in [0.4, 0.5) is 5.69 Å². The molecule has 1 aliphatic heterocycles. The fourth-order valence-electron chi connectivity index (χ4n) is 2.24. The van der Waals surface area contributed by atoms with E-state index in [2.05, 4.69) is 0 Å². The van der Waals surface area contributed by atoms with Gasteiger partial charge in [0.15, 0.2) is 0 Å². The molecule has 4 N–H and O–H groups in total. The summed E-state index contributed by atoms with van der Waals surface area (Å²) in [4.78, 5) is 0.115. The van der Waals surface area contributed by atoms with Gasteiger partial charge in [0, 0.05) is 31.9 Å². The number of nitrogens with two attached hydrogens (primary N) is 2. The first-order chi connectivity index (χ1) is 9.60. The molecule has 1 fully saturated rings. The minimum absolute atomic E-state index is 0.0410. The Labute approximate surface area is 124 Å². The maximum atomic E-state index is 12.5. The van der Waals surface area contributed by atoms with E-state index in [0.717, 1.165) is 9.87 Å². The van der Waals surface area contributed by atoms with Crippen molar-refractivity contribution in [2.75, 3.05) is 31.9 Å². The molecule has 0 bridgehead atoms. The molecule has 0 amide bonds. The average molecular weight is 334 g/mol. The molecule has 21 heavy (non-hydrogen) atoms. The van der Waals surface area contributed by atoms with Crippen molar-refractivity contribution in [1.29, 1.82) is 0 Å². The number of hydrogen-bond acceptors (Lipinski definition) is 5. The fourth-order valence-corrected chi connectivity index (χ4v) is 4.47. The molecule has 118 valence electrons. The van der Waals surface area contributed by atoms with Crippen molar-refractivity contribution in [1.82, 2.24) is 8.61 Å². The van der Waals surface area contributed by atoms with Crippen molar-refractivity contribution in [2.45, 2.75) is 11.8 Å². The lowest BCUT2D eigenvalue weighted by Gasteiger charge is -2.32. The summed E-state index contributed by atoms with van der Waals surface area (Å²) in [6.07, 6.45) is 0. The highest BCUT2D eigenvalue weighted by atomic mass is 32.2. The van der Waals surface area contributed by atoms with E-state index in [9.17, 15) is 16.8 Å². The highest BCUT2D eigenvalue weighted by molar-refractivity contribution is 7.89. The van der Waals surface area contributed by atoms with Gasteiger partial charge in [-0.25, -0.2) is 13.6 Å². The molecule has 1 aromatic rings. The smallest absolute Gasteiger partial charge is 0.276 e. The van der Waals surface area contributed by atoms with Gasteiger partial charge in [-0.05, 0) is 30.7 Å². The molecule has 0 unspecified atom stereocenters. The Hall–Kier alpha value is -1.20. The number of aryl methyl sites for hydroxylation is 1. The summed E-state index contributed by atoms with van der Waals surface area (Å²) in [5.41, 5.74) is 6.80. The first-order valence-corrected chi connectivity index (χ1v) is 9.20. The lowest BCUT2D eigenvalue weighted by atomic mass is 10.2. The summed E-state index contributed by atoms with van der Waals surface area (Å²) < 4.78 is 49.8. The van der Waals surface area contributed by atoms with E-state index in [1.165, 1.54) is 16.4 Å². The standard InChI is InChI=1S/C11H18N4O4S2/c1-9-6-10(12)8-11(7-9)20(16,17)14-2-4-15(5-3-14)21(13,18)19/h6-8H,2-5,12H2,1H3,(H2,13,18,19). The summed E-state index contributed by atoms with van der Waals surface area (Å²) in [6, 6.07) is 4.62. The van der Waals surface area contributed by atoms with Gasteiger partial charge in [-0.2, -0.15) is 17.0 Å². The Bertz CT molecular complexity index is 717. The second-order valence-electron chi connectivity index (χ2n) is 4.93. The number of piperazine rings is 1. The molecule has 1 heterocycles. The molecule has 1 aromatic carbocycles. The van der Waals surface area contributed by atoms with Crippen LogP contribution in [0, 0.1) is 6.92 Å². The van der Waals surface area contributed by atoms with Crippen molar-refractivity contribution in [3.05, 3.63) is 23.8 Å². The number of nitrogen functional groups attached to an aromatic ring is 1. The van der Waals surface area contributed by atoms with Gasteiger partial charge in [0.25, 0.3) is 10.2 Å². The maximum Gasteiger partial charge on any atom is 0.276 e. The third-order valence-corrected chi connectivity index (χ3v) is 6.23. The molecule has 0 radical (unpaired) electrons. The van der Waals surface area contributed by atoms with Crippen LogP contribution in [0.15, 0.2) is 23.1 Å². The topological polar surface area (TPSA) is 127 Å². The van der Waals surface area contributed by atoms with Crippen molar-refractivity contribution in [3.63, 3.8) is 0 Å². The van der Waals surface area contributed by atoms with Gasteiger partial charge in [0.1, 0.15) is 0 Å². The van der Waals surface area contributed by atoms with Crippen LogP contribution in [0.3, 0.4) is 0 Å². The van der Waals surface area contributed by atoms with Crippen molar-refractivity contribution in [3.8, 4) is 0 Å². The Morgan fingerprint density at radius 3 is 1.95 bits per heavy atom. The van der Waals surface area contributed by atoms with Crippen LogP contribution in [-0.4, -0.2) is 51.6 Å². The maximum absolute atomic E-state index is 12.5. The Morgan fingerprint density at radius 1 is 0.952 bits per heavy atom. The van der Waals surface area contributed by atoms with Crippen LogP contribution >= 0.6 is 0 Å². The van der Waals surface area contributed by atoms with Crippen LogP contribution < -0.4 is 10.9 Å². The summed E-state index contributed by atoms with van der Waals surface area (Å²) >= 11 is 0. The minimum atomic E-state index is -3.78. The first kappa shape index (κ1) is 16.2. The zero-order chi connectivity index (χ0) is 15.8. The van der Waals surface area contributed by atoms with Crippen molar-refractivity contribution < 1.29 is 16.8 Å². The second-order valence-corrected chi connectivity index (χ2v) is 8.41. The van der Waals surface area contributed by atoms with Gasteiger partial charge >= 0.3 is 0 Å². The normalized spacial score (nSPS) is 18.8. The first-order valence-electron chi connectivity index (χ1n) is 6.26. The number of rotatable bonds is 3. The van der Waals surface area contributed by atoms with E-state index in [4.69, 9.17) is 10.9 Å². The molecule has 10 heteroatoms. The number of nitrogens with zero attached hydrogens (tertiary/aromatic N) is 2. The van der Waals surface area contributed by atoms with Gasteiger partial charge in [0.05, 0.1) is 4.90 Å². The van der Waals surface area contributed by atoms with Crippen molar-refractivity contribution >= 4 is 25.9 Å². The Kier molecular flexibility index (Phi) is 4.26. The molecule has 1 aliphatic rings. The van der Waals surface area contributed by atoms with Gasteiger partial charge < -0.3 is 5.73 Å². The predicted molar refractivity (Wildman–Crippen MR) is 79.0 cm³/mol. The molecule has 0 atom stereocenters. The Morgan fingerprint density at radius 2 is 1.48 bits per heavy atom. The van der Waals surface area contributed by atoms with Crippen LogP contribution in [-0.2, 0) is 20.2 Å². The van der Waals surface area contributed by atoms with Gasteiger partial charge in [-0.15, -0.1) is 0 Å². The lowest BCUT2D eigenvalue weighted by molar-refractivity contribution is 0.273. The minimum Gasteiger partial charge on any atom is -0.399 e. The van der Waals surface area contributed by atoms with Gasteiger partial charge in [0.2, 0.25) is 10.0 Å². The van der Waals surface area contributed by atoms with Crippen LogP contribution in [0.25, 0.3) is 0 Å². The third-order valence-electron chi connectivity index (χ3n) is 3.27. The molecular formula is C11H18N4O4S2. The average Bonchev–Trinajstić information content (AvgIpc) is 2.36. The monoisotopic (exact) mass is 334 g/mol. The molecule has 0 aliphatic carbocycles. The summed E-state index contributed by atoms with van der Waals surface area (Å²) in [6.45, 7) is 1.96. The van der Waals surface area contributed by atoms with Crippen LogP contribution in [0.2, 0.25) is 0 Å². The van der Waals surface area contributed by atoms with E-state index in [1.807, 2.05) is 0 Å². The molecule has 0 saturated carbocycles. The highest BCUT2D eigenvalue weighted by Crippen LogP contribution is 2.21. The molecule has 2 rings (SSSR count). The zero-order valence-corrected chi connectivity index (χ0v) is 13.2. The Balaban J connectivity index is 2.22. The van der Waals surface area contributed by atoms with Gasteiger partial charge in [-0.1, -0.05) is 0 Å². The fraction of sp³-hybridized carbons (Fsp3) is 0.455. The summed E-state index contributed by atoms with van der Waals surface area (Å²) in [5.74, 6) is 0. The molecule has 1 saturated heterocycles. The summed E-state index contributed by atoms with van der Waals surface area (Å²) in [5, 5.41) is 5.03. The SMILES string of the molecule is Cc1cc(N)cc(S(=O)(=O)N2CCN(S(N)(=O)=O)CC2)c1. The lowest BCUT2D eigenvalue weighted by Crippen LogP contribution is -2.52. The number of benzene rings is 1. The molecule has 0 aromatic heterocycles. The van der Waals surface area contributed by atoms with E-state index >= 15 is 0 Å². The number of hydrogen-bond donors (Lipinski definition) is 2. The summed E-state index contributed by atoms with van der Waals surface area (Å²) in [7, 11) is -7.47. The van der Waals surface area contributed by atoms with E-state index in [1.54, 1.807) is 13.0 Å². The highest BCUT2D eigenvalue weighted by Gasteiger charge is 2.31. The zero-order valence-electron chi connectivity index (χ0n) is 11.6. The third kappa shape index (κ3) is 3.52. The van der Waals surface area contributed by atoms with E-state index < -0.39 is 20.2 Å².